The van der Waals surface area contributed by atoms with E-state index in [1.165, 1.54) is 24.7 Å². The van der Waals surface area contributed by atoms with Crippen LogP contribution < -0.4 is 15.8 Å². The number of amides is 1. The Morgan fingerprint density at radius 2 is 1.81 bits per heavy atom. The second-order valence-corrected chi connectivity index (χ2v) is 11.0. The minimum Gasteiger partial charge on any atom is -0.368 e. The van der Waals surface area contributed by atoms with E-state index < -0.39 is 5.67 Å². The lowest BCUT2D eigenvalue weighted by Crippen LogP contribution is -2.50. The predicted octanol–water partition coefficient (Wildman–Crippen LogP) is 3.32. The third kappa shape index (κ3) is 6.03. The number of nitrogens with zero attached hydrogens (tertiary/aromatic N) is 8. The minimum atomic E-state index is -1.66. The number of benzene rings is 1. The quantitative estimate of drug-likeness (QED) is 0.304. The number of hydrogen-bond acceptors (Lipinski definition) is 8. The molecule has 11 nitrogen and oxygen atoms in total. The number of allylic oxidation sites excluding steroid dienone is 1. The van der Waals surface area contributed by atoms with Gasteiger partial charge in [-0.05, 0) is 64.3 Å². The second-order valence-electron chi connectivity index (χ2n) is 11.0. The van der Waals surface area contributed by atoms with Crippen LogP contribution in [0.1, 0.15) is 19.5 Å². The third-order valence-electron chi connectivity index (χ3n) is 7.11. The highest BCUT2D eigenvalue weighted by Gasteiger charge is 2.24. The SMILES string of the molecule is C=CCn1c(=O)c2cnc(Nc3ccc(N4CCN(C(=O)CN(C)C)CC4)cc3)nc2n1-c1cccc(C(C)(C)F)n1. The van der Waals surface area contributed by atoms with Crippen molar-refractivity contribution >= 4 is 34.3 Å². The number of nitrogens with one attached hydrogen (secondary N) is 1. The zero-order valence-electron chi connectivity index (χ0n) is 24.4. The summed E-state index contributed by atoms with van der Waals surface area (Å²) in [4.78, 5) is 45.2. The van der Waals surface area contributed by atoms with Gasteiger partial charge in [0.2, 0.25) is 11.9 Å². The van der Waals surface area contributed by atoms with Crippen LogP contribution >= 0.6 is 0 Å². The Kier molecular flexibility index (Phi) is 8.08. The lowest BCUT2D eigenvalue weighted by molar-refractivity contribution is -0.132. The number of anilines is 3. The summed E-state index contributed by atoms with van der Waals surface area (Å²) >= 11 is 0. The maximum absolute atomic E-state index is 14.7. The van der Waals surface area contributed by atoms with Gasteiger partial charge in [-0.25, -0.2) is 23.7 Å². The minimum absolute atomic E-state index is 0.149. The van der Waals surface area contributed by atoms with Crippen LogP contribution in [-0.4, -0.2) is 86.8 Å². The first-order valence-electron chi connectivity index (χ1n) is 13.9. The number of likely N-dealkylation sites (N-methyl/N-ethyl adjacent to an activating group) is 1. The van der Waals surface area contributed by atoms with Crippen molar-refractivity contribution in [1.82, 2.24) is 34.1 Å². The number of aromatic nitrogens is 5. The molecule has 0 atom stereocenters. The molecule has 4 aromatic rings. The molecule has 0 saturated carbocycles. The van der Waals surface area contributed by atoms with Gasteiger partial charge in [0.15, 0.2) is 11.5 Å². The number of hydrogen-bond donors (Lipinski definition) is 1. The van der Waals surface area contributed by atoms with Gasteiger partial charge in [0.1, 0.15) is 11.1 Å². The normalized spacial score (nSPS) is 14.0. The van der Waals surface area contributed by atoms with Crippen LogP contribution in [0, 0.1) is 0 Å². The number of halogens is 1. The largest absolute Gasteiger partial charge is 0.368 e. The molecule has 0 spiro atoms. The van der Waals surface area contributed by atoms with Crippen LogP contribution in [0.15, 0.2) is 66.1 Å². The topological polar surface area (TPSA) is 104 Å². The van der Waals surface area contributed by atoms with Gasteiger partial charge in [-0.2, -0.15) is 4.98 Å². The Balaban J connectivity index is 1.38. The van der Waals surface area contributed by atoms with Gasteiger partial charge in [0, 0.05) is 43.8 Å². The fraction of sp³-hybridized carbons (Fsp3) is 0.367. The van der Waals surface area contributed by atoms with Gasteiger partial charge in [-0.1, -0.05) is 12.1 Å². The maximum atomic E-state index is 14.7. The average molecular weight is 574 g/mol. The predicted molar refractivity (Wildman–Crippen MR) is 162 cm³/mol. The average Bonchev–Trinajstić information content (AvgIpc) is 3.23. The Morgan fingerprint density at radius 3 is 2.45 bits per heavy atom. The fourth-order valence-electron chi connectivity index (χ4n) is 4.95. The molecule has 0 unspecified atom stereocenters. The van der Waals surface area contributed by atoms with Crippen molar-refractivity contribution in [3.8, 4) is 5.82 Å². The van der Waals surface area contributed by atoms with E-state index in [4.69, 9.17) is 0 Å². The molecule has 1 aliphatic heterocycles. The van der Waals surface area contributed by atoms with E-state index in [1.54, 1.807) is 29.0 Å². The van der Waals surface area contributed by atoms with E-state index in [0.29, 0.717) is 42.4 Å². The van der Waals surface area contributed by atoms with E-state index in [-0.39, 0.29) is 23.7 Å². The first-order valence-corrected chi connectivity index (χ1v) is 13.9. The van der Waals surface area contributed by atoms with Gasteiger partial charge >= 0.3 is 0 Å². The lowest BCUT2D eigenvalue weighted by atomic mass is 10.1. The monoisotopic (exact) mass is 573 g/mol. The molecule has 1 saturated heterocycles. The van der Waals surface area contributed by atoms with Crippen molar-refractivity contribution in [2.45, 2.75) is 26.1 Å². The molecule has 1 amide bonds. The molecule has 220 valence electrons. The summed E-state index contributed by atoms with van der Waals surface area (Å²) < 4.78 is 17.7. The van der Waals surface area contributed by atoms with Crippen LogP contribution in [0.5, 0.6) is 0 Å². The standard InChI is InChI=1S/C30H36FN9O2/c1-6-14-39-28(42)23-19-32-29(35-27(23)40(39)25-9-7-8-24(34-25)30(2,3)31)33-21-10-12-22(13-11-21)37-15-17-38(18-16-37)26(41)20-36(4)5/h6-13,19H,1,14-18,20H2,2-5H3,(H,32,33,35). The molecule has 5 rings (SSSR count). The zero-order chi connectivity index (χ0) is 30.0. The summed E-state index contributed by atoms with van der Waals surface area (Å²) in [6, 6.07) is 12.9. The number of carbonyl (C=O) groups excluding carboxylic acids is 1. The molecule has 1 N–H and O–H groups in total. The van der Waals surface area contributed by atoms with Crippen molar-refractivity contribution in [1.29, 1.82) is 0 Å². The third-order valence-corrected chi connectivity index (χ3v) is 7.11. The van der Waals surface area contributed by atoms with Gasteiger partial charge in [-0.3, -0.25) is 9.59 Å². The Labute approximate surface area is 243 Å². The van der Waals surface area contributed by atoms with Crippen LogP contribution in [0.4, 0.5) is 21.7 Å². The van der Waals surface area contributed by atoms with E-state index in [2.05, 4.69) is 31.7 Å². The van der Waals surface area contributed by atoms with Crippen LogP contribution in [0.25, 0.3) is 16.9 Å². The van der Waals surface area contributed by atoms with E-state index in [0.717, 1.165) is 24.5 Å². The van der Waals surface area contributed by atoms with E-state index in [1.807, 2.05) is 48.2 Å². The van der Waals surface area contributed by atoms with Crippen LogP contribution in [-0.2, 0) is 17.0 Å². The molecule has 4 heterocycles. The molecule has 12 heteroatoms. The van der Waals surface area contributed by atoms with Crippen molar-refractivity contribution in [3.63, 3.8) is 0 Å². The summed E-state index contributed by atoms with van der Waals surface area (Å²) in [5.74, 6) is 0.815. The first kappa shape index (κ1) is 28.9. The Hall–Kier alpha value is -4.58. The van der Waals surface area contributed by atoms with Crippen LogP contribution in [0.2, 0.25) is 0 Å². The van der Waals surface area contributed by atoms with Crippen LogP contribution in [0.3, 0.4) is 0 Å². The maximum Gasteiger partial charge on any atom is 0.278 e. The van der Waals surface area contributed by atoms with E-state index in [9.17, 15) is 14.0 Å². The molecule has 0 radical (unpaired) electrons. The Morgan fingerprint density at radius 1 is 1.10 bits per heavy atom. The molecule has 42 heavy (non-hydrogen) atoms. The molecule has 1 aromatic carbocycles. The van der Waals surface area contributed by atoms with Gasteiger partial charge < -0.3 is 20.0 Å². The zero-order valence-corrected chi connectivity index (χ0v) is 24.4. The molecule has 1 aliphatic rings. The van der Waals surface area contributed by atoms with Gasteiger partial charge in [-0.15, -0.1) is 6.58 Å². The molecular formula is C30H36FN9O2. The van der Waals surface area contributed by atoms with Crippen molar-refractivity contribution in [2.24, 2.45) is 0 Å². The highest BCUT2D eigenvalue weighted by molar-refractivity contribution is 5.79. The summed E-state index contributed by atoms with van der Waals surface area (Å²) in [5.41, 5.74) is 0.474. The summed E-state index contributed by atoms with van der Waals surface area (Å²) in [5, 5.41) is 3.53. The van der Waals surface area contributed by atoms with Gasteiger partial charge in [0.05, 0.1) is 18.8 Å². The number of fused-ring (bicyclic) bond motifs is 1. The number of rotatable bonds is 9. The Bertz CT molecular complexity index is 1650. The molecule has 0 bridgehead atoms. The van der Waals surface area contributed by atoms with Gasteiger partial charge in [0.25, 0.3) is 5.56 Å². The number of carbonyl (C=O) groups is 1. The smallest absolute Gasteiger partial charge is 0.278 e. The van der Waals surface area contributed by atoms with Crippen molar-refractivity contribution in [2.75, 3.05) is 57.0 Å². The number of piperazine rings is 1. The molecule has 0 aliphatic carbocycles. The number of alkyl halides is 1. The first-order chi connectivity index (χ1) is 20.0. The van der Waals surface area contributed by atoms with E-state index >= 15 is 0 Å². The highest BCUT2D eigenvalue weighted by atomic mass is 19.1. The second kappa shape index (κ2) is 11.7. The summed E-state index contributed by atoms with van der Waals surface area (Å²) in [6.07, 6.45) is 3.09. The molecule has 3 aromatic heterocycles. The van der Waals surface area contributed by atoms with Crippen molar-refractivity contribution < 1.29 is 9.18 Å². The molecule has 1 fully saturated rings. The fourth-order valence-corrected chi connectivity index (χ4v) is 4.95. The summed E-state index contributed by atoms with van der Waals surface area (Å²) in [6.45, 7) is 10.2. The number of pyridine rings is 1. The summed E-state index contributed by atoms with van der Waals surface area (Å²) in [7, 11) is 3.80. The van der Waals surface area contributed by atoms with Crippen molar-refractivity contribution in [3.05, 3.63) is 77.4 Å². The molecular weight excluding hydrogens is 537 g/mol. The highest BCUT2D eigenvalue weighted by Crippen LogP contribution is 2.25. The lowest BCUT2D eigenvalue weighted by Gasteiger charge is -2.36.